The van der Waals surface area contributed by atoms with Gasteiger partial charge >= 0.3 is 0 Å². The number of nitrogens with one attached hydrogen (secondary N) is 1. The zero-order valence-electron chi connectivity index (χ0n) is 13.6. The number of amides is 1. The Morgan fingerprint density at radius 3 is 2.75 bits per heavy atom. The smallest absolute Gasteiger partial charge is 0.253 e. The van der Waals surface area contributed by atoms with Gasteiger partial charge in [-0.2, -0.15) is 0 Å². The average Bonchev–Trinajstić information content (AvgIpc) is 3.05. The van der Waals surface area contributed by atoms with E-state index in [2.05, 4.69) is 17.2 Å². The van der Waals surface area contributed by atoms with Gasteiger partial charge in [0.05, 0.1) is 11.0 Å². The van der Waals surface area contributed by atoms with Crippen molar-refractivity contribution in [3.8, 4) is 5.69 Å². The van der Waals surface area contributed by atoms with Crippen LogP contribution in [0.15, 0.2) is 54.9 Å². The van der Waals surface area contributed by atoms with E-state index >= 15 is 0 Å². The Labute approximate surface area is 140 Å². The third kappa shape index (κ3) is 2.67. The number of hydrogen-bond donors (Lipinski definition) is 1. The predicted octanol–water partition coefficient (Wildman–Crippen LogP) is 2.46. The van der Waals surface area contributed by atoms with Crippen molar-refractivity contribution in [2.24, 2.45) is 0 Å². The molecule has 1 aromatic heterocycles. The third-order valence-corrected chi connectivity index (χ3v) is 4.50. The Morgan fingerprint density at radius 2 is 1.96 bits per heavy atom. The molecule has 3 aromatic rings. The van der Waals surface area contributed by atoms with Crippen molar-refractivity contribution in [1.82, 2.24) is 19.8 Å². The first-order valence-electron chi connectivity index (χ1n) is 8.27. The highest BCUT2D eigenvalue weighted by atomic mass is 16.2. The predicted molar refractivity (Wildman–Crippen MR) is 94.4 cm³/mol. The number of aromatic nitrogens is 2. The van der Waals surface area contributed by atoms with Gasteiger partial charge in [0.1, 0.15) is 6.33 Å². The first-order chi connectivity index (χ1) is 11.7. The van der Waals surface area contributed by atoms with Crippen molar-refractivity contribution in [3.05, 3.63) is 60.4 Å². The summed E-state index contributed by atoms with van der Waals surface area (Å²) in [7, 11) is 0. The number of imidazole rings is 1. The largest absolute Gasteiger partial charge is 0.336 e. The van der Waals surface area contributed by atoms with Gasteiger partial charge in [0.2, 0.25) is 0 Å². The molecule has 2 aromatic carbocycles. The monoisotopic (exact) mass is 320 g/mol. The van der Waals surface area contributed by atoms with Crippen LogP contribution in [-0.4, -0.2) is 46.0 Å². The topological polar surface area (TPSA) is 50.2 Å². The van der Waals surface area contributed by atoms with E-state index < -0.39 is 0 Å². The second-order valence-corrected chi connectivity index (χ2v) is 6.26. The van der Waals surface area contributed by atoms with Gasteiger partial charge in [-0.05, 0) is 43.3 Å². The van der Waals surface area contributed by atoms with Crippen molar-refractivity contribution in [1.29, 1.82) is 0 Å². The molecule has 0 spiro atoms. The summed E-state index contributed by atoms with van der Waals surface area (Å²) in [6, 6.07) is 16.1. The number of fused-ring (bicyclic) bond motifs is 1. The van der Waals surface area contributed by atoms with Crippen LogP contribution in [0.2, 0.25) is 0 Å². The van der Waals surface area contributed by atoms with Crippen molar-refractivity contribution >= 4 is 16.9 Å². The molecule has 5 heteroatoms. The minimum atomic E-state index is 0.102. The van der Waals surface area contributed by atoms with Crippen LogP contribution >= 0.6 is 0 Å². The van der Waals surface area contributed by atoms with Crippen LogP contribution < -0.4 is 5.32 Å². The third-order valence-electron chi connectivity index (χ3n) is 4.50. The van der Waals surface area contributed by atoms with E-state index in [0.29, 0.717) is 6.04 Å². The summed E-state index contributed by atoms with van der Waals surface area (Å²) in [5, 5.41) is 3.36. The first kappa shape index (κ1) is 14.9. The van der Waals surface area contributed by atoms with E-state index in [0.717, 1.165) is 41.9 Å². The average molecular weight is 320 g/mol. The summed E-state index contributed by atoms with van der Waals surface area (Å²) in [6.45, 7) is 4.47. The van der Waals surface area contributed by atoms with E-state index in [1.54, 1.807) is 0 Å². The molecule has 1 N–H and O–H groups in total. The number of benzene rings is 2. The highest BCUT2D eigenvalue weighted by Crippen LogP contribution is 2.19. The van der Waals surface area contributed by atoms with E-state index in [1.807, 2.05) is 64.3 Å². The molecule has 1 amide bonds. The fraction of sp³-hybridized carbons (Fsp3) is 0.263. The lowest BCUT2D eigenvalue weighted by molar-refractivity contribution is 0.0709. The maximum absolute atomic E-state index is 12.6. The highest BCUT2D eigenvalue weighted by molar-refractivity contribution is 5.94. The standard InChI is InChI=1S/C19H20N4O/c1-14-12-22(11-10-20-14)19(24)15-6-8-16(9-7-15)23-13-21-17-4-2-3-5-18(17)23/h2-9,13-14,20H,10-12H2,1H3. The zero-order valence-corrected chi connectivity index (χ0v) is 13.6. The van der Waals surface area contributed by atoms with Crippen molar-refractivity contribution < 1.29 is 4.79 Å². The Hall–Kier alpha value is -2.66. The molecule has 0 bridgehead atoms. The number of carbonyl (C=O) groups excluding carboxylic acids is 1. The number of piperazine rings is 1. The van der Waals surface area contributed by atoms with Gasteiger partial charge in [0.15, 0.2) is 0 Å². The Balaban J connectivity index is 1.59. The van der Waals surface area contributed by atoms with Crippen LogP contribution in [0.4, 0.5) is 0 Å². The molecule has 1 atom stereocenters. The molecule has 5 nitrogen and oxygen atoms in total. The van der Waals surface area contributed by atoms with Gasteiger partial charge in [0.25, 0.3) is 5.91 Å². The van der Waals surface area contributed by atoms with Crippen LogP contribution in [0, 0.1) is 0 Å². The van der Waals surface area contributed by atoms with E-state index in [-0.39, 0.29) is 5.91 Å². The second-order valence-electron chi connectivity index (χ2n) is 6.26. The normalized spacial score (nSPS) is 18.0. The highest BCUT2D eigenvalue weighted by Gasteiger charge is 2.21. The summed E-state index contributed by atoms with van der Waals surface area (Å²) < 4.78 is 2.04. The van der Waals surface area contributed by atoms with Crippen molar-refractivity contribution in [3.63, 3.8) is 0 Å². The van der Waals surface area contributed by atoms with E-state index in [4.69, 9.17) is 0 Å². The van der Waals surface area contributed by atoms with E-state index in [9.17, 15) is 4.79 Å². The van der Waals surface area contributed by atoms with Gasteiger partial charge in [-0.3, -0.25) is 9.36 Å². The lowest BCUT2D eigenvalue weighted by atomic mass is 10.1. The van der Waals surface area contributed by atoms with Gasteiger partial charge in [-0.25, -0.2) is 4.98 Å². The summed E-state index contributed by atoms with van der Waals surface area (Å²) in [4.78, 5) is 19.0. The van der Waals surface area contributed by atoms with Gasteiger partial charge in [-0.1, -0.05) is 12.1 Å². The van der Waals surface area contributed by atoms with Gasteiger partial charge in [-0.15, -0.1) is 0 Å². The molecule has 24 heavy (non-hydrogen) atoms. The quantitative estimate of drug-likeness (QED) is 0.789. The summed E-state index contributed by atoms with van der Waals surface area (Å²) in [5.41, 5.74) is 3.77. The van der Waals surface area contributed by atoms with Crippen LogP contribution in [0.25, 0.3) is 16.7 Å². The number of carbonyl (C=O) groups is 1. The lowest BCUT2D eigenvalue weighted by Gasteiger charge is -2.32. The number of para-hydroxylation sites is 2. The molecular formula is C19H20N4O. The Kier molecular flexibility index (Phi) is 3.78. The number of nitrogens with zero attached hydrogens (tertiary/aromatic N) is 3. The van der Waals surface area contributed by atoms with E-state index in [1.165, 1.54) is 0 Å². The van der Waals surface area contributed by atoms with Crippen LogP contribution in [-0.2, 0) is 0 Å². The summed E-state index contributed by atoms with van der Waals surface area (Å²) >= 11 is 0. The molecular weight excluding hydrogens is 300 g/mol. The SMILES string of the molecule is CC1CN(C(=O)c2ccc(-n3cnc4ccccc43)cc2)CCN1. The minimum absolute atomic E-state index is 0.102. The summed E-state index contributed by atoms with van der Waals surface area (Å²) in [6.07, 6.45) is 1.82. The van der Waals surface area contributed by atoms with Crippen LogP contribution in [0.3, 0.4) is 0 Å². The maximum atomic E-state index is 12.6. The molecule has 1 aliphatic rings. The Bertz CT molecular complexity index is 868. The molecule has 1 fully saturated rings. The van der Waals surface area contributed by atoms with Crippen molar-refractivity contribution in [2.75, 3.05) is 19.6 Å². The molecule has 0 radical (unpaired) electrons. The minimum Gasteiger partial charge on any atom is -0.336 e. The van der Waals surface area contributed by atoms with Gasteiger partial charge in [0, 0.05) is 36.9 Å². The zero-order chi connectivity index (χ0) is 16.5. The Morgan fingerprint density at radius 1 is 1.17 bits per heavy atom. The molecule has 4 rings (SSSR count). The second kappa shape index (κ2) is 6.09. The first-order valence-corrected chi connectivity index (χ1v) is 8.27. The molecule has 1 aliphatic heterocycles. The summed E-state index contributed by atoms with van der Waals surface area (Å²) in [5.74, 6) is 0.102. The maximum Gasteiger partial charge on any atom is 0.253 e. The molecule has 2 heterocycles. The lowest BCUT2D eigenvalue weighted by Crippen LogP contribution is -2.51. The van der Waals surface area contributed by atoms with Crippen molar-refractivity contribution in [2.45, 2.75) is 13.0 Å². The molecule has 0 aliphatic carbocycles. The fourth-order valence-corrected chi connectivity index (χ4v) is 3.23. The molecule has 1 saturated heterocycles. The molecule has 122 valence electrons. The number of rotatable bonds is 2. The molecule has 0 saturated carbocycles. The van der Waals surface area contributed by atoms with Crippen LogP contribution in [0.1, 0.15) is 17.3 Å². The number of hydrogen-bond acceptors (Lipinski definition) is 3. The fourth-order valence-electron chi connectivity index (χ4n) is 3.23. The molecule has 1 unspecified atom stereocenters. The van der Waals surface area contributed by atoms with Gasteiger partial charge < -0.3 is 10.2 Å². The van der Waals surface area contributed by atoms with Crippen LogP contribution in [0.5, 0.6) is 0 Å².